The summed E-state index contributed by atoms with van der Waals surface area (Å²) in [7, 11) is 0. The van der Waals surface area contributed by atoms with Gasteiger partial charge in [0.2, 0.25) is 6.20 Å². The Bertz CT molecular complexity index is 501. The van der Waals surface area contributed by atoms with E-state index in [0.717, 1.165) is 18.4 Å². The van der Waals surface area contributed by atoms with E-state index < -0.39 is 11.9 Å². The largest absolute Gasteiger partial charge is 0.477 e. The number of quaternary nitrogens is 1. The molecule has 0 unspecified atom stereocenters. The van der Waals surface area contributed by atoms with Crippen LogP contribution in [-0.2, 0) is 9.59 Å². The Balaban J connectivity index is 1.97. The molecule has 0 radical (unpaired) electrons. The first kappa shape index (κ1) is 17.7. The van der Waals surface area contributed by atoms with Crippen molar-refractivity contribution in [2.75, 3.05) is 19.6 Å². The van der Waals surface area contributed by atoms with Gasteiger partial charge >= 0.3 is 18.3 Å². The van der Waals surface area contributed by atoms with Gasteiger partial charge in [-0.15, -0.1) is 0 Å². The lowest BCUT2D eigenvalue weighted by molar-refractivity contribution is -0.774. The van der Waals surface area contributed by atoms with Crippen LogP contribution in [0.2, 0.25) is 0 Å². The summed E-state index contributed by atoms with van der Waals surface area (Å²) in [6, 6.07) is 0. The molecule has 6 nitrogen and oxygen atoms in total. The van der Waals surface area contributed by atoms with Crippen molar-refractivity contribution < 1.29 is 28.9 Å². The van der Waals surface area contributed by atoms with Crippen LogP contribution in [0.5, 0.6) is 0 Å². The highest BCUT2D eigenvalue weighted by Gasteiger charge is 2.39. The van der Waals surface area contributed by atoms with Gasteiger partial charge in [0.1, 0.15) is 0 Å². The van der Waals surface area contributed by atoms with Crippen LogP contribution >= 0.6 is 0 Å². The van der Waals surface area contributed by atoms with Gasteiger partial charge in [0.15, 0.2) is 25.8 Å². The van der Waals surface area contributed by atoms with E-state index in [1.807, 2.05) is 10.8 Å². The summed E-state index contributed by atoms with van der Waals surface area (Å²) in [6.07, 6.45) is 10.2. The number of hydrogen-bond donors (Lipinski definition) is 2. The molecular formula is C17H28N2O4+2. The molecule has 2 rings (SSSR count). The highest BCUT2D eigenvalue weighted by molar-refractivity contribution is 5.73. The predicted octanol–water partition coefficient (Wildman–Crippen LogP) is 1.96. The highest BCUT2D eigenvalue weighted by Crippen LogP contribution is 2.33. The highest BCUT2D eigenvalue weighted by atomic mass is 16.4. The Kier molecular flexibility index (Phi) is 5.57. The Hall–Kier alpha value is -1.69. The molecule has 0 saturated heterocycles. The quantitative estimate of drug-likeness (QED) is 0.554. The first-order chi connectivity index (χ1) is 10.8. The van der Waals surface area contributed by atoms with Crippen LogP contribution in [0.25, 0.3) is 0 Å². The lowest BCUT2D eigenvalue weighted by Gasteiger charge is -2.29. The first-order valence-corrected chi connectivity index (χ1v) is 8.41. The fraction of sp³-hybridized carbons (Fsp3) is 0.706. The topological polar surface area (TPSA) is 77.6 Å². The normalized spacial score (nSPS) is 26.3. The third-order valence-electron chi connectivity index (χ3n) is 5.10. The second-order valence-electron chi connectivity index (χ2n) is 7.34. The van der Waals surface area contributed by atoms with Crippen molar-refractivity contribution in [3.8, 4) is 0 Å². The zero-order valence-corrected chi connectivity index (χ0v) is 14.0. The van der Waals surface area contributed by atoms with Gasteiger partial charge in [-0.05, 0) is 37.5 Å². The smallest absolute Gasteiger partial charge is 0.360 e. The number of aliphatic carboxylic acids is 2. The number of hydrogen-bond acceptors (Lipinski definition) is 2. The molecule has 0 amide bonds. The predicted molar refractivity (Wildman–Crippen MR) is 85.9 cm³/mol. The van der Waals surface area contributed by atoms with E-state index in [1.165, 1.54) is 25.7 Å². The van der Waals surface area contributed by atoms with Crippen LogP contribution in [0.4, 0.5) is 0 Å². The fourth-order valence-corrected chi connectivity index (χ4v) is 3.78. The third kappa shape index (κ3) is 4.89. The number of nitrogens with zero attached hydrogens (tertiary/aromatic N) is 2. The molecule has 1 fully saturated rings. The Morgan fingerprint density at radius 1 is 1.13 bits per heavy atom. The maximum atomic E-state index is 11.1. The van der Waals surface area contributed by atoms with Crippen LogP contribution in [0, 0.1) is 17.8 Å². The SMILES string of the molecule is CC(C)C1CCC(C[N+]2=C[N+](CC(=O)O)(CC(=O)O)C=C2)CC1. The lowest BCUT2D eigenvalue weighted by Crippen LogP contribution is -2.48. The van der Waals surface area contributed by atoms with Gasteiger partial charge in [-0.2, -0.15) is 9.06 Å². The third-order valence-corrected chi connectivity index (χ3v) is 5.10. The molecule has 128 valence electrons. The Labute approximate surface area is 137 Å². The molecule has 1 aliphatic carbocycles. The van der Waals surface area contributed by atoms with Crippen molar-refractivity contribution >= 4 is 18.3 Å². The van der Waals surface area contributed by atoms with Crippen molar-refractivity contribution in [2.45, 2.75) is 39.5 Å². The molecule has 0 aromatic heterocycles. The minimum atomic E-state index is -0.994. The molecular weight excluding hydrogens is 296 g/mol. The Morgan fingerprint density at radius 2 is 1.70 bits per heavy atom. The van der Waals surface area contributed by atoms with E-state index in [1.54, 1.807) is 12.5 Å². The Morgan fingerprint density at radius 3 is 2.17 bits per heavy atom. The van der Waals surface area contributed by atoms with E-state index in [4.69, 9.17) is 10.2 Å². The molecule has 0 aromatic carbocycles. The maximum Gasteiger partial charge on any atom is 0.360 e. The molecule has 1 heterocycles. The summed E-state index contributed by atoms with van der Waals surface area (Å²) in [5, 5.41) is 18.1. The molecule has 0 spiro atoms. The zero-order valence-electron chi connectivity index (χ0n) is 14.0. The molecule has 1 saturated carbocycles. The number of carboxylic acid groups (broad SMARTS) is 2. The summed E-state index contributed by atoms with van der Waals surface area (Å²) < 4.78 is 1.83. The standard InChI is InChI=1S/C17H26N2O4/c1-13(2)15-5-3-14(4-6-15)9-18-7-8-19(12-18,10-16(20)21)11-17(22)23/h7-8,12-15H,3-6,9-11H2,1-2H3/p+2. The molecule has 1 aliphatic heterocycles. The van der Waals surface area contributed by atoms with E-state index in [9.17, 15) is 9.59 Å². The summed E-state index contributed by atoms with van der Waals surface area (Å²) >= 11 is 0. The number of carboxylic acids is 2. The van der Waals surface area contributed by atoms with Crippen LogP contribution in [-0.4, -0.2) is 57.2 Å². The van der Waals surface area contributed by atoms with Crippen molar-refractivity contribution in [3.05, 3.63) is 12.4 Å². The molecule has 2 N–H and O–H groups in total. The summed E-state index contributed by atoms with van der Waals surface area (Å²) in [4.78, 5) is 22.1. The van der Waals surface area contributed by atoms with Crippen LogP contribution < -0.4 is 0 Å². The number of rotatable bonds is 7. The molecule has 6 heteroatoms. The van der Waals surface area contributed by atoms with E-state index >= 15 is 0 Å². The monoisotopic (exact) mass is 324 g/mol. The molecule has 0 atom stereocenters. The van der Waals surface area contributed by atoms with E-state index in [0.29, 0.717) is 5.92 Å². The van der Waals surface area contributed by atoms with Crippen molar-refractivity contribution in [3.63, 3.8) is 0 Å². The van der Waals surface area contributed by atoms with Gasteiger partial charge in [0.25, 0.3) is 0 Å². The van der Waals surface area contributed by atoms with Crippen molar-refractivity contribution in [1.82, 2.24) is 0 Å². The van der Waals surface area contributed by atoms with Gasteiger partial charge < -0.3 is 10.2 Å². The minimum Gasteiger partial charge on any atom is -0.477 e. The van der Waals surface area contributed by atoms with Crippen molar-refractivity contribution in [2.24, 2.45) is 17.8 Å². The second kappa shape index (κ2) is 7.25. The summed E-state index contributed by atoms with van der Waals surface area (Å²) in [6.45, 7) is 4.94. The minimum absolute atomic E-state index is 0.147. The van der Waals surface area contributed by atoms with Gasteiger partial charge in [-0.3, -0.25) is 0 Å². The first-order valence-electron chi connectivity index (χ1n) is 8.41. The molecule has 2 aliphatic rings. The van der Waals surface area contributed by atoms with E-state index in [-0.39, 0.29) is 17.6 Å². The lowest BCUT2D eigenvalue weighted by atomic mass is 9.77. The maximum absolute atomic E-state index is 11.1. The molecule has 0 aromatic rings. The average molecular weight is 324 g/mol. The zero-order chi connectivity index (χ0) is 17.0. The average Bonchev–Trinajstić information content (AvgIpc) is 2.80. The van der Waals surface area contributed by atoms with E-state index in [2.05, 4.69) is 13.8 Å². The summed E-state index contributed by atoms with van der Waals surface area (Å²) in [5.74, 6) is 0.168. The van der Waals surface area contributed by atoms with Gasteiger partial charge in [-0.25, -0.2) is 9.59 Å². The van der Waals surface area contributed by atoms with Crippen LogP contribution in [0.15, 0.2) is 12.4 Å². The second-order valence-corrected chi connectivity index (χ2v) is 7.34. The van der Waals surface area contributed by atoms with Crippen LogP contribution in [0.3, 0.4) is 0 Å². The summed E-state index contributed by atoms with van der Waals surface area (Å²) in [5.41, 5.74) is 0. The van der Waals surface area contributed by atoms with Gasteiger partial charge in [0, 0.05) is 5.92 Å². The fourth-order valence-electron chi connectivity index (χ4n) is 3.78. The van der Waals surface area contributed by atoms with Crippen LogP contribution in [0.1, 0.15) is 39.5 Å². The molecule has 0 bridgehead atoms. The van der Waals surface area contributed by atoms with Gasteiger partial charge in [-0.1, -0.05) is 13.8 Å². The van der Waals surface area contributed by atoms with Gasteiger partial charge in [0.05, 0.1) is 0 Å². The number of carbonyl (C=O) groups is 2. The van der Waals surface area contributed by atoms with Crippen molar-refractivity contribution in [1.29, 1.82) is 0 Å². The molecule has 23 heavy (non-hydrogen) atoms.